The molecule has 0 unspecified atom stereocenters. The molecule has 1 aromatic heterocycles. The highest BCUT2D eigenvalue weighted by molar-refractivity contribution is 6.31. The summed E-state index contributed by atoms with van der Waals surface area (Å²) in [6.45, 7) is 2.55. The Hall–Kier alpha value is -1.92. The van der Waals surface area contributed by atoms with E-state index in [0.29, 0.717) is 23.5 Å². The topological polar surface area (TPSA) is 86.9 Å². The third-order valence-electron chi connectivity index (χ3n) is 2.99. The first-order chi connectivity index (χ1) is 9.49. The van der Waals surface area contributed by atoms with Gasteiger partial charge in [0, 0.05) is 18.7 Å². The normalized spacial score (nSPS) is 10.8. The van der Waals surface area contributed by atoms with Crippen LogP contribution in [0.4, 0.5) is 4.39 Å². The average Bonchev–Trinajstić information content (AvgIpc) is 2.80. The molecule has 0 aliphatic carbocycles. The molecule has 2 aromatic rings. The summed E-state index contributed by atoms with van der Waals surface area (Å²) in [6, 6.07) is 4.12. The standard InChI is InChI=1S/C13H14ClFN4O/c1-2-19-10(6-16)11(13(17)20)12(18-19)7-3-4-9(15)8(14)5-7/h3-5H,2,6,16H2,1H3,(H2,17,20). The van der Waals surface area contributed by atoms with Gasteiger partial charge in [0.2, 0.25) is 0 Å². The highest BCUT2D eigenvalue weighted by Crippen LogP contribution is 2.28. The number of aryl methyl sites for hydroxylation is 1. The summed E-state index contributed by atoms with van der Waals surface area (Å²) in [5, 5.41) is 4.27. The van der Waals surface area contributed by atoms with Crippen LogP contribution in [0.5, 0.6) is 0 Å². The number of primary amides is 1. The maximum absolute atomic E-state index is 13.2. The predicted octanol–water partition coefficient (Wildman–Crippen LogP) is 1.92. The lowest BCUT2D eigenvalue weighted by atomic mass is 10.1. The molecular formula is C13H14ClFN4O. The molecular weight excluding hydrogens is 283 g/mol. The third kappa shape index (κ3) is 2.39. The third-order valence-corrected chi connectivity index (χ3v) is 3.28. The number of nitrogens with zero attached hydrogens (tertiary/aromatic N) is 2. The van der Waals surface area contributed by atoms with Crippen LogP contribution in [0.3, 0.4) is 0 Å². The van der Waals surface area contributed by atoms with Gasteiger partial charge in [0.05, 0.1) is 16.3 Å². The molecule has 1 heterocycles. The summed E-state index contributed by atoms with van der Waals surface area (Å²) in [4.78, 5) is 11.7. The number of halogens is 2. The van der Waals surface area contributed by atoms with Gasteiger partial charge in [-0.3, -0.25) is 9.48 Å². The van der Waals surface area contributed by atoms with Gasteiger partial charge in [0.25, 0.3) is 5.91 Å². The Morgan fingerprint density at radius 3 is 2.70 bits per heavy atom. The molecule has 0 bridgehead atoms. The Bertz CT molecular complexity index is 669. The summed E-state index contributed by atoms with van der Waals surface area (Å²) in [6.07, 6.45) is 0. The van der Waals surface area contributed by atoms with E-state index in [1.807, 2.05) is 6.92 Å². The van der Waals surface area contributed by atoms with Gasteiger partial charge in [0.1, 0.15) is 11.5 Å². The van der Waals surface area contributed by atoms with Gasteiger partial charge in [-0.1, -0.05) is 11.6 Å². The van der Waals surface area contributed by atoms with Gasteiger partial charge >= 0.3 is 0 Å². The Morgan fingerprint density at radius 2 is 2.20 bits per heavy atom. The first kappa shape index (κ1) is 14.5. The Kier molecular flexibility index (Phi) is 4.06. The number of amides is 1. The van der Waals surface area contributed by atoms with Crippen molar-refractivity contribution in [3.05, 3.63) is 40.3 Å². The summed E-state index contributed by atoms with van der Waals surface area (Å²) in [5.41, 5.74) is 12.7. The van der Waals surface area contributed by atoms with Crippen molar-refractivity contribution >= 4 is 17.5 Å². The number of aromatic nitrogens is 2. The number of rotatable bonds is 4. The summed E-state index contributed by atoms with van der Waals surface area (Å²) < 4.78 is 14.8. The van der Waals surface area contributed by atoms with Crippen molar-refractivity contribution in [2.24, 2.45) is 11.5 Å². The Labute approximate surface area is 120 Å². The molecule has 0 spiro atoms. The zero-order valence-corrected chi connectivity index (χ0v) is 11.6. The number of nitrogens with two attached hydrogens (primary N) is 2. The second kappa shape index (κ2) is 5.60. The molecule has 2 rings (SSSR count). The van der Waals surface area contributed by atoms with Crippen molar-refractivity contribution in [2.45, 2.75) is 20.0 Å². The molecule has 0 radical (unpaired) electrons. The SMILES string of the molecule is CCn1nc(-c2ccc(F)c(Cl)c2)c(C(N)=O)c1CN. The minimum atomic E-state index is -0.624. The van der Waals surface area contributed by atoms with Gasteiger partial charge in [-0.05, 0) is 25.1 Å². The summed E-state index contributed by atoms with van der Waals surface area (Å²) >= 11 is 5.76. The van der Waals surface area contributed by atoms with Crippen LogP contribution in [0.1, 0.15) is 23.0 Å². The summed E-state index contributed by atoms with van der Waals surface area (Å²) in [7, 11) is 0. The number of benzene rings is 1. The molecule has 0 aliphatic heterocycles. The molecule has 1 amide bonds. The van der Waals surface area contributed by atoms with Crippen molar-refractivity contribution < 1.29 is 9.18 Å². The minimum Gasteiger partial charge on any atom is -0.365 e. The second-order valence-corrected chi connectivity index (χ2v) is 4.59. The molecule has 0 saturated heterocycles. The van der Waals surface area contributed by atoms with Crippen LogP contribution < -0.4 is 11.5 Å². The second-order valence-electron chi connectivity index (χ2n) is 4.18. The molecule has 4 N–H and O–H groups in total. The van der Waals surface area contributed by atoms with Crippen LogP contribution in [-0.4, -0.2) is 15.7 Å². The monoisotopic (exact) mass is 296 g/mol. The van der Waals surface area contributed by atoms with Crippen LogP contribution in [0, 0.1) is 5.82 Å². The molecule has 20 heavy (non-hydrogen) atoms. The average molecular weight is 297 g/mol. The maximum Gasteiger partial charge on any atom is 0.252 e. The van der Waals surface area contributed by atoms with E-state index in [0.717, 1.165) is 0 Å². The van der Waals surface area contributed by atoms with Crippen molar-refractivity contribution in [1.29, 1.82) is 0 Å². The van der Waals surface area contributed by atoms with E-state index in [4.69, 9.17) is 23.1 Å². The smallest absolute Gasteiger partial charge is 0.252 e. The van der Waals surface area contributed by atoms with E-state index in [1.165, 1.54) is 18.2 Å². The molecule has 0 fully saturated rings. The van der Waals surface area contributed by atoms with E-state index in [9.17, 15) is 9.18 Å². The van der Waals surface area contributed by atoms with Gasteiger partial charge < -0.3 is 11.5 Å². The zero-order valence-electron chi connectivity index (χ0n) is 10.9. The maximum atomic E-state index is 13.2. The Morgan fingerprint density at radius 1 is 1.50 bits per heavy atom. The fraction of sp³-hybridized carbons (Fsp3) is 0.231. The molecule has 0 saturated carbocycles. The van der Waals surface area contributed by atoms with Crippen molar-refractivity contribution in [3.63, 3.8) is 0 Å². The van der Waals surface area contributed by atoms with E-state index >= 15 is 0 Å². The highest BCUT2D eigenvalue weighted by Gasteiger charge is 2.22. The number of hydrogen-bond acceptors (Lipinski definition) is 3. The van der Waals surface area contributed by atoms with E-state index in [1.54, 1.807) is 4.68 Å². The van der Waals surface area contributed by atoms with E-state index in [2.05, 4.69) is 5.10 Å². The Balaban J connectivity index is 2.69. The lowest BCUT2D eigenvalue weighted by Gasteiger charge is -2.03. The number of carbonyl (C=O) groups excluding carboxylic acids is 1. The van der Waals surface area contributed by atoms with Crippen molar-refractivity contribution in [2.75, 3.05) is 0 Å². The van der Waals surface area contributed by atoms with Gasteiger partial charge in [-0.25, -0.2) is 4.39 Å². The van der Waals surface area contributed by atoms with Crippen molar-refractivity contribution in [3.8, 4) is 11.3 Å². The minimum absolute atomic E-state index is 0.0433. The van der Waals surface area contributed by atoms with Gasteiger partial charge in [-0.2, -0.15) is 5.10 Å². The predicted molar refractivity (Wildman–Crippen MR) is 74.7 cm³/mol. The summed E-state index contributed by atoms with van der Waals surface area (Å²) in [5.74, 6) is -1.16. The van der Waals surface area contributed by atoms with Crippen LogP contribution in [0.25, 0.3) is 11.3 Å². The molecule has 0 aliphatic rings. The van der Waals surface area contributed by atoms with Crippen LogP contribution in [0.15, 0.2) is 18.2 Å². The number of carbonyl (C=O) groups is 1. The van der Waals surface area contributed by atoms with Gasteiger partial charge in [-0.15, -0.1) is 0 Å². The van der Waals surface area contributed by atoms with Crippen LogP contribution in [-0.2, 0) is 13.1 Å². The molecule has 106 valence electrons. The largest absolute Gasteiger partial charge is 0.365 e. The molecule has 0 atom stereocenters. The zero-order chi connectivity index (χ0) is 14.9. The van der Waals surface area contributed by atoms with Crippen molar-refractivity contribution in [1.82, 2.24) is 9.78 Å². The fourth-order valence-corrected chi connectivity index (χ4v) is 2.25. The van der Waals surface area contributed by atoms with E-state index < -0.39 is 11.7 Å². The lowest BCUT2D eigenvalue weighted by molar-refractivity contribution is 0.1000. The first-order valence-corrected chi connectivity index (χ1v) is 6.42. The fourth-order valence-electron chi connectivity index (χ4n) is 2.07. The lowest BCUT2D eigenvalue weighted by Crippen LogP contribution is -2.17. The number of hydrogen-bond donors (Lipinski definition) is 2. The molecule has 7 heteroatoms. The van der Waals surface area contributed by atoms with Gasteiger partial charge in [0.15, 0.2) is 0 Å². The van der Waals surface area contributed by atoms with Crippen LogP contribution >= 0.6 is 11.6 Å². The molecule has 5 nitrogen and oxygen atoms in total. The first-order valence-electron chi connectivity index (χ1n) is 6.04. The van der Waals surface area contributed by atoms with Crippen LogP contribution in [0.2, 0.25) is 5.02 Å². The highest BCUT2D eigenvalue weighted by atomic mass is 35.5. The molecule has 1 aromatic carbocycles. The quantitative estimate of drug-likeness (QED) is 0.903. The van der Waals surface area contributed by atoms with E-state index in [-0.39, 0.29) is 17.1 Å².